The summed E-state index contributed by atoms with van der Waals surface area (Å²) in [6.45, 7) is 2.23. The number of hydrogen-bond donors (Lipinski definition) is 1. The van der Waals surface area contributed by atoms with Crippen molar-refractivity contribution in [3.05, 3.63) is 70.2 Å². The smallest absolute Gasteiger partial charge is 0.0408 e. The van der Waals surface area contributed by atoms with Gasteiger partial charge in [-0.3, -0.25) is 0 Å². The molecule has 2 heteroatoms. The van der Waals surface area contributed by atoms with Crippen molar-refractivity contribution in [1.29, 1.82) is 0 Å². The van der Waals surface area contributed by atoms with Crippen molar-refractivity contribution >= 4 is 11.6 Å². The molecule has 0 saturated heterocycles. The second kappa shape index (κ2) is 5.36. The summed E-state index contributed by atoms with van der Waals surface area (Å²) in [4.78, 5) is 0. The van der Waals surface area contributed by atoms with E-state index in [9.17, 15) is 0 Å². The Bertz CT molecular complexity index is 565. The van der Waals surface area contributed by atoms with E-state index < -0.39 is 0 Å². The molecule has 98 valence electrons. The fourth-order valence-corrected chi connectivity index (χ4v) is 3.09. The van der Waals surface area contributed by atoms with E-state index >= 15 is 0 Å². The van der Waals surface area contributed by atoms with Crippen LogP contribution >= 0.6 is 11.6 Å². The average molecular weight is 272 g/mol. The summed E-state index contributed by atoms with van der Waals surface area (Å²) in [6.07, 6.45) is 2.28. The molecule has 0 saturated carbocycles. The van der Waals surface area contributed by atoms with Crippen LogP contribution in [0.1, 0.15) is 42.1 Å². The van der Waals surface area contributed by atoms with Gasteiger partial charge >= 0.3 is 0 Å². The van der Waals surface area contributed by atoms with E-state index in [0.717, 1.165) is 17.9 Å². The van der Waals surface area contributed by atoms with Gasteiger partial charge in [0.1, 0.15) is 0 Å². The number of rotatable bonds is 3. The lowest BCUT2D eigenvalue weighted by molar-refractivity contribution is 0.465. The van der Waals surface area contributed by atoms with Crippen LogP contribution in [0.3, 0.4) is 0 Å². The molecule has 0 aliphatic heterocycles. The van der Waals surface area contributed by atoms with E-state index in [1.54, 1.807) is 0 Å². The van der Waals surface area contributed by atoms with E-state index in [1.807, 2.05) is 6.07 Å². The zero-order chi connectivity index (χ0) is 13.2. The van der Waals surface area contributed by atoms with Crippen LogP contribution in [0.4, 0.5) is 0 Å². The van der Waals surface area contributed by atoms with Gasteiger partial charge in [-0.05, 0) is 48.6 Å². The van der Waals surface area contributed by atoms with Gasteiger partial charge in [-0.25, -0.2) is 0 Å². The SMILES string of the molecule is C[C@H](NC1CCc2cc(Cl)ccc21)c1ccccc1. The molecule has 1 aliphatic carbocycles. The fourth-order valence-electron chi connectivity index (χ4n) is 2.90. The van der Waals surface area contributed by atoms with Gasteiger partial charge in [-0.1, -0.05) is 48.0 Å². The molecule has 0 bridgehead atoms. The van der Waals surface area contributed by atoms with Crippen LogP contribution in [-0.4, -0.2) is 0 Å². The van der Waals surface area contributed by atoms with Crippen LogP contribution in [0.5, 0.6) is 0 Å². The number of fused-ring (bicyclic) bond motifs is 1. The number of benzene rings is 2. The topological polar surface area (TPSA) is 12.0 Å². The number of nitrogens with one attached hydrogen (secondary N) is 1. The molecule has 0 spiro atoms. The minimum Gasteiger partial charge on any atom is -0.303 e. The van der Waals surface area contributed by atoms with Crippen molar-refractivity contribution in [2.45, 2.75) is 31.8 Å². The minimum atomic E-state index is 0.368. The molecule has 0 amide bonds. The van der Waals surface area contributed by atoms with E-state index in [1.165, 1.54) is 16.7 Å². The molecule has 0 radical (unpaired) electrons. The van der Waals surface area contributed by atoms with Gasteiger partial charge in [-0.15, -0.1) is 0 Å². The first-order valence-electron chi connectivity index (χ1n) is 6.83. The fraction of sp³-hybridized carbons (Fsp3) is 0.294. The Labute approximate surface area is 119 Å². The van der Waals surface area contributed by atoms with Crippen molar-refractivity contribution in [3.63, 3.8) is 0 Å². The summed E-state index contributed by atoms with van der Waals surface area (Å²) in [5.74, 6) is 0. The van der Waals surface area contributed by atoms with Crippen LogP contribution in [0.25, 0.3) is 0 Å². The normalized spacial score (nSPS) is 19.2. The Morgan fingerprint density at radius 1 is 1.16 bits per heavy atom. The summed E-state index contributed by atoms with van der Waals surface area (Å²) >= 11 is 6.05. The van der Waals surface area contributed by atoms with Crippen molar-refractivity contribution in [2.75, 3.05) is 0 Å². The molecule has 0 fully saturated rings. The lowest BCUT2D eigenvalue weighted by Crippen LogP contribution is -2.22. The van der Waals surface area contributed by atoms with Crippen LogP contribution in [-0.2, 0) is 6.42 Å². The van der Waals surface area contributed by atoms with Crippen molar-refractivity contribution in [2.24, 2.45) is 0 Å². The van der Waals surface area contributed by atoms with Crippen molar-refractivity contribution < 1.29 is 0 Å². The maximum absolute atomic E-state index is 6.05. The maximum Gasteiger partial charge on any atom is 0.0408 e. The Kier molecular flexibility index (Phi) is 3.58. The highest BCUT2D eigenvalue weighted by atomic mass is 35.5. The molecule has 19 heavy (non-hydrogen) atoms. The monoisotopic (exact) mass is 271 g/mol. The molecule has 2 atom stereocenters. The van der Waals surface area contributed by atoms with Crippen molar-refractivity contribution in [1.82, 2.24) is 5.32 Å². The van der Waals surface area contributed by atoms with Crippen molar-refractivity contribution in [3.8, 4) is 0 Å². The second-order valence-corrected chi connectivity index (χ2v) is 5.67. The van der Waals surface area contributed by atoms with E-state index in [-0.39, 0.29) is 0 Å². The highest BCUT2D eigenvalue weighted by molar-refractivity contribution is 6.30. The molecule has 1 aliphatic rings. The highest BCUT2D eigenvalue weighted by Crippen LogP contribution is 2.34. The number of halogens is 1. The molecule has 1 unspecified atom stereocenters. The maximum atomic E-state index is 6.05. The summed E-state index contributed by atoms with van der Waals surface area (Å²) in [5.41, 5.74) is 4.14. The quantitative estimate of drug-likeness (QED) is 0.855. The van der Waals surface area contributed by atoms with Gasteiger partial charge in [0.05, 0.1) is 0 Å². The molecule has 2 aromatic carbocycles. The first kappa shape index (κ1) is 12.7. The van der Waals surface area contributed by atoms with Gasteiger partial charge in [0, 0.05) is 17.1 Å². The van der Waals surface area contributed by atoms with Gasteiger partial charge in [0.15, 0.2) is 0 Å². The number of hydrogen-bond acceptors (Lipinski definition) is 1. The van der Waals surface area contributed by atoms with Gasteiger partial charge in [0.2, 0.25) is 0 Å². The molecular weight excluding hydrogens is 254 g/mol. The van der Waals surface area contributed by atoms with E-state index in [2.05, 4.69) is 54.7 Å². The molecular formula is C17H18ClN. The molecule has 3 rings (SSSR count). The molecule has 0 heterocycles. The molecule has 1 nitrogen and oxygen atoms in total. The first-order valence-corrected chi connectivity index (χ1v) is 7.21. The van der Waals surface area contributed by atoms with Crippen LogP contribution < -0.4 is 5.32 Å². The van der Waals surface area contributed by atoms with Gasteiger partial charge < -0.3 is 5.32 Å². The van der Waals surface area contributed by atoms with E-state index in [0.29, 0.717) is 12.1 Å². The zero-order valence-electron chi connectivity index (χ0n) is 11.1. The Balaban J connectivity index is 1.76. The number of aryl methyl sites for hydroxylation is 1. The third-order valence-corrected chi connectivity index (χ3v) is 4.17. The lowest BCUT2D eigenvalue weighted by atomic mass is 10.0. The lowest BCUT2D eigenvalue weighted by Gasteiger charge is -2.20. The van der Waals surface area contributed by atoms with Crippen LogP contribution in [0, 0.1) is 0 Å². The third kappa shape index (κ3) is 2.68. The predicted molar refractivity (Wildman–Crippen MR) is 80.5 cm³/mol. The standard InChI is InChI=1S/C17H18ClN/c1-12(13-5-3-2-4-6-13)19-17-10-7-14-11-15(18)8-9-16(14)17/h2-6,8-9,11-12,17,19H,7,10H2,1H3/t12-,17?/m0/s1. The summed E-state index contributed by atoms with van der Waals surface area (Å²) in [5, 5.41) is 4.57. The zero-order valence-corrected chi connectivity index (χ0v) is 11.8. The summed E-state index contributed by atoms with van der Waals surface area (Å²) in [6, 6.07) is 17.7. The molecule has 2 aromatic rings. The third-order valence-electron chi connectivity index (χ3n) is 3.93. The Hall–Kier alpha value is -1.31. The Morgan fingerprint density at radius 3 is 2.74 bits per heavy atom. The molecule has 1 N–H and O–H groups in total. The van der Waals surface area contributed by atoms with E-state index in [4.69, 9.17) is 11.6 Å². The first-order chi connectivity index (χ1) is 9.24. The van der Waals surface area contributed by atoms with Gasteiger partial charge in [0.25, 0.3) is 0 Å². The van der Waals surface area contributed by atoms with Gasteiger partial charge in [-0.2, -0.15) is 0 Å². The second-order valence-electron chi connectivity index (χ2n) is 5.23. The average Bonchev–Trinajstić information content (AvgIpc) is 2.82. The molecule has 0 aromatic heterocycles. The van der Waals surface area contributed by atoms with Crippen LogP contribution in [0.2, 0.25) is 5.02 Å². The van der Waals surface area contributed by atoms with Crippen LogP contribution in [0.15, 0.2) is 48.5 Å². The largest absolute Gasteiger partial charge is 0.303 e. The predicted octanol–water partition coefficient (Wildman–Crippen LogP) is 4.68. The Morgan fingerprint density at radius 2 is 1.95 bits per heavy atom. The summed E-state index contributed by atoms with van der Waals surface area (Å²) < 4.78 is 0. The highest BCUT2D eigenvalue weighted by Gasteiger charge is 2.23. The summed E-state index contributed by atoms with van der Waals surface area (Å²) in [7, 11) is 0. The minimum absolute atomic E-state index is 0.368.